The van der Waals surface area contributed by atoms with Crippen LogP contribution in [-0.4, -0.2) is 19.6 Å². The largest absolute Gasteiger partial charge is 0.506 e. The molecule has 0 aliphatic rings. The third-order valence-corrected chi connectivity index (χ3v) is 3.44. The molecule has 1 N–H and O–H groups in total. The van der Waals surface area contributed by atoms with Gasteiger partial charge in [0.25, 0.3) is 0 Å². The summed E-state index contributed by atoms with van der Waals surface area (Å²) in [5.74, 6) is 0.841. The van der Waals surface area contributed by atoms with E-state index in [1.807, 2.05) is 18.2 Å². The average Bonchev–Trinajstić information content (AvgIpc) is 2.77. The van der Waals surface area contributed by atoms with E-state index in [2.05, 4.69) is 28.4 Å². The van der Waals surface area contributed by atoms with Crippen LogP contribution in [0, 0.1) is 0 Å². The second-order valence-electron chi connectivity index (χ2n) is 4.93. The van der Waals surface area contributed by atoms with Crippen LogP contribution in [0.25, 0.3) is 22.4 Å². The molecule has 0 saturated heterocycles. The van der Waals surface area contributed by atoms with E-state index in [4.69, 9.17) is 11.6 Å². The predicted octanol–water partition coefficient (Wildman–Crippen LogP) is 4.04. The first-order valence-electron chi connectivity index (χ1n) is 6.39. The first-order valence-corrected chi connectivity index (χ1v) is 6.76. The molecule has 3 aromatic rings. The van der Waals surface area contributed by atoms with Crippen LogP contribution in [0.3, 0.4) is 0 Å². The minimum absolute atomic E-state index is 0.121. The molecule has 0 fully saturated rings. The van der Waals surface area contributed by atoms with Crippen LogP contribution in [0.15, 0.2) is 36.7 Å². The molecule has 2 heterocycles. The number of fused-ring (bicyclic) bond motifs is 1. The van der Waals surface area contributed by atoms with E-state index in [0.29, 0.717) is 10.6 Å². The fourth-order valence-corrected chi connectivity index (χ4v) is 2.52. The molecule has 4 nitrogen and oxygen atoms in total. The Balaban J connectivity index is 2.36. The number of aromatic hydroxyl groups is 1. The van der Waals surface area contributed by atoms with Crippen LogP contribution < -0.4 is 0 Å². The van der Waals surface area contributed by atoms with Gasteiger partial charge in [0.15, 0.2) is 0 Å². The summed E-state index contributed by atoms with van der Waals surface area (Å²) in [6, 6.07) is 7.56. The third-order valence-electron chi connectivity index (χ3n) is 3.21. The number of nitrogens with zero attached hydrogens (tertiary/aromatic N) is 3. The number of rotatable bonds is 2. The SMILES string of the molecule is CC(C)n1c(-c2ccncc2O)nc2ccc(Cl)cc21. The van der Waals surface area contributed by atoms with Gasteiger partial charge in [-0.15, -0.1) is 0 Å². The lowest BCUT2D eigenvalue weighted by Crippen LogP contribution is -2.03. The second kappa shape index (κ2) is 4.80. The van der Waals surface area contributed by atoms with E-state index in [1.54, 1.807) is 12.3 Å². The van der Waals surface area contributed by atoms with E-state index in [1.165, 1.54) is 6.20 Å². The lowest BCUT2D eigenvalue weighted by molar-refractivity contribution is 0.473. The molecular weight excluding hydrogens is 274 g/mol. The third kappa shape index (κ3) is 2.02. The smallest absolute Gasteiger partial charge is 0.145 e. The van der Waals surface area contributed by atoms with Crippen LogP contribution in [0.2, 0.25) is 5.02 Å². The van der Waals surface area contributed by atoms with Gasteiger partial charge in [-0.1, -0.05) is 11.6 Å². The lowest BCUT2D eigenvalue weighted by atomic mass is 10.2. The van der Waals surface area contributed by atoms with Crippen molar-refractivity contribution in [2.24, 2.45) is 0 Å². The van der Waals surface area contributed by atoms with Gasteiger partial charge in [-0.25, -0.2) is 4.98 Å². The van der Waals surface area contributed by atoms with Gasteiger partial charge >= 0.3 is 0 Å². The normalized spacial score (nSPS) is 11.4. The Kier molecular flexibility index (Phi) is 3.10. The molecule has 102 valence electrons. The maximum atomic E-state index is 10.0. The van der Waals surface area contributed by atoms with E-state index in [-0.39, 0.29) is 11.8 Å². The second-order valence-corrected chi connectivity index (χ2v) is 5.36. The van der Waals surface area contributed by atoms with Gasteiger partial charge in [0.1, 0.15) is 11.6 Å². The number of imidazole rings is 1. The predicted molar refractivity (Wildman–Crippen MR) is 80.0 cm³/mol. The van der Waals surface area contributed by atoms with Crippen molar-refractivity contribution in [3.8, 4) is 17.1 Å². The van der Waals surface area contributed by atoms with Crippen LogP contribution in [0.1, 0.15) is 19.9 Å². The summed E-state index contributed by atoms with van der Waals surface area (Å²) < 4.78 is 2.07. The van der Waals surface area contributed by atoms with Crippen molar-refractivity contribution >= 4 is 22.6 Å². The van der Waals surface area contributed by atoms with Gasteiger partial charge in [-0.2, -0.15) is 0 Å². The summed E-state index contributed by atoms with van der Waals surface area (Å²) in [6.07, 6.45) is 3.07. The van der Waals surface area contributed by atoms with Gasteiger partial charge < -0.3 is 9.67 Å². The maximum absolute atomic E-state index is 10.0. The summed E-state index contributed by atoms with van der Waals surface area (Å²) in [5, 5.41) is 10.7. The Morgan fingerprint density at radius 3 is 2.75 bits per heavy atom. The quantitative estimate of drug-likeness (QED) is 0.774. The molecule has 0 bridgehead atoms. The summed E-state index contributed by atoms with van der Waals surface area (Å²) in [4.78, 5) is 8.53. The molecule has 0 aliphatic carbocycles. The molecule has 0 saturated carbocycles. The van der Waals surface area contributed by atoms with E-state index >= 15 is 0 Å². The lowest BCUT2D eigenvalue weighted by Gasteiger charge is -2.13. The van der Waals surface area contributed by atoms with E-state index in [9.17, 15) is 5.11 Å². The van der Waals surface area contributed by atoms with E-state index < -0.39 is 0 Å². The minimum Gasteiger partial charge on any atom is -0.506 e. The number of benzene rings is 1. The molecule has 1 aromatic carbocycles. The zero-order valence-electron chi connectivity index (χ0n) is 11.2. The van der Waals surface area contributed by atoms with Gasteiger partial charge in [0, 0.05) is 17.3 Å². The Morgan fingerprint density at radius 2 is 2.05 bits per heavy atom. The number of hydrogen-bond acceptors (Lipinski definition) is 3. The van der Waals surface area contributed by atoms with Crippen molar-refractivity contribution in [3.05, 3.63) is 41.7 Å². The molecule has 0 spiro atoms. The van der Waals surface area contributed by atoms with Crippen molar-refractivity contribution < 1.29 is 5.11 Å². The first kappa shape index (κ1) is 12.9. The highest BCUT2D eigenvalue weighted by Crippen LogP contribution is 2.33. The monoisotopic (exact) mass is 287 g/mol. The molecule has 20 heavy (non-hydrogen) atoms. The maximum Gasteiger partial charge on any atom is 0.145 e. The van der Waals surface area contributed by atoms with E-state index in [0.717, 1.165) is 16.9 Å². The molecule has 5 heteroatoms. The summed E-state index contributed by atoms with van der Waals surface area (Å²) in [6.45, 7) is 4.15. The summed E-state index contributed by atoms with van der Waals surface area (Å²) in [5.41, 5.74) is 2.48. The van der Waals surface area contributed by atoms with Crippen molar-refractivity contribution in [2.75, 3.05) is 0 Å². The summed E-state index contributed by atoms with van der Waals surface area (Å²) >= 11 is 6.08. The van der Waals surface area contributed by atoms with Crippen LogP contribution in [-0.2, 0) is 0 Å². The minimum atomic E-state index is 0.121. The van der Waals surface area contributed by atoms with Crippen LogP contribution in [0.5, 0.6) is 5.75 Å². The van der Waals surface area contributed by atoms with Crippen LogP contribution >= 0.6 is 11.6 Å². The van der Waals surface area contributed by atoms with Gasteiger partial charge in [-0.05, 0) is 38.1 Å². The standard InChI is InChI=1S/C15H14ClN3O/c1-9(2)19-13-7-10(16)3-4-12(13)18-15(19)11-5-6-17-8-14(11)20/h3-9,20H,1-2H3. The molecular formula is C15H14ClN3O. The molecule has 0 amide bonds. The van der Waals surface area contributed by atoms with Gasteiger partial charge in [0.2, 0.25) is 0 Å². The number of aromatic nitrogens is 3. The zero-order valence-corrected chi connectivity index (χ0v) is 12.0. The fourth-order valence-electron chi connectivity index (χ4n) is 2.35. The zero-order chi connectivity index (χ0) is 14.3. The average molecular weight is 288 g/mol. The molecule has 2 aromatic heterocycles. The fraction of sp³-hybridized carbons (Fsp3) is 0.200. The van der Waals surface area contributed by atoms with Crippen molar-refractivity contribution in [3.63, 3.8) is 0 Å². The van der Waals surface area contributed by atoms with Crippen molar-refractivity contribution in [2.45, 2.75) is 19.9 Å². The Morgan fingerprint density at radius 1 is 1.25 bits per heavy atom. The molecule has 0 atom stereocenters. The highest BCUT2D eigenvalue weighted by Gasteiger charge is 2.17. The summed E-state index contributed by atoms with van der Waals surface area (Å²) in [7, 11) is 0. The highest BCUT2D eigenvalue weighted by molar-refractivity contribution is 6.31. The number of pyridine rings is 1. The molecule has 0 aliphatic heterocycles. The molecule has 0 unspecified atom stereocenters. The molecule has 3 rings (SSSR count). The number of halogens is 1. The topological polar surface area (TPSA) is 50.9 Å². The van der Waals surface area contributed by atoms with Gasteiger partial charge in [-0.3, -0.25) is 4.98 Å². The first-order chi connectivity index (χ1) is 9.58. The molecule has 0 radical (unpaired) electrons. The number of hydrogen-bond donors (Lipinski definition) is 1. The van der Waals surface area contributed by atoms with Gasteiger partial charge in [0.05, 0.1) is 22.8 Å². The van der Waals surface area contributed by atoms with Crippen molar-refractivity contribution in [1.29, 1.82) is 0 Å². The van der Waals surface area contributed by atoms with Crippen LogP contribution in [0.4, 0.5) is 0 Å². The Bertz CT molecular complexity index is 780. The Labute approximate surface area is 121 Å². The Hall–Kier alpha value is -2.07. The highest BCUT2D eigenvalue weighted by atomic mass is 35.5. The van der Waals surface area contributed by atoms with Crippen molar-refractivity contribution in [1.82, 2.24) is 14.5 Å².